The zero-order valence-electron chi connectivity index (χ0n) is 8.00. The molecule has 13 heavy (non-hydrogen) atoms. The number of hydrogen-bond donors (Lipinski definition) is 1. The van der Waals surface area contributed by atoms with Gasteiger partial charge in [-0.1, -0.05) is 13.0 Å². The molecule has 3 heteroatoms. The lowest BCUT2D eigenvalue weighted by Gasteiger charge is -1.96. The second-order valence-corrected chi connectivity index (χ2v) is 4.28. The van der Waals surface area contributed by atoms with E-state index in [-0.39, 0.29) is 0 Å². The van der Waals surface area contributed by atoms with Gasteiger partial charge in [-0.2, -0.15) is 0 Å². The Balaban J connectivity index is 2.21. The van der Waals surface area contributed by atoms with Crippen LogP contribution in [-0.2, 0) is 6.42 Å². The van der Waals surface area contributed by atoms with E-state index < -0.39 is 0 Å². The molecule has 0 bridgehead atoms. The highest BCUT2D eigenvalue weighted by atomic mass is 32.1. The van der Waals surface area contributed by atoms with E-state index in [9.17, 15) is 0 Å². The molecular weight excluding hydrogens is 180 g/mol. The van der Waals surface area contributed by atoms with Gasteiger partial charge in [-0.05, 0) is 18.9 Å². The topological polar surface area (TPSA) is 24.9 Å². The van der Waals surface area contributed by atoms with Crippen molar-refractivity contribution in [1.29, 1.82) is 0 Å². The fourth-order valence-electron chi connectivity index (χ4n) is 1.49. The third kappa shape index (κ3) is 1.81. The minimum atomic E-state index is 0.502. The zero-order chi connectivity index (χ0) is 9.26. The van der Waals surface area contributed by atoms with Gasteiger partial charge in [-0.25, -0.2) is 4.98 Å². The lowest BCUT2D eigenvalue weighted by molar-refractivity contribution is 0.728. The Kier molecular flexibility index (Phi) is 2.47. The van der Waals surface area contributed by atoms with Crippen molar-refractivity contribution in [2.24, 2.45) is 0 Å². The van der Waals surface area contributed by atoms with Crippen molar-refractivity contribution in [2.75, 3.05) is 6.54 Å². The minimum Gasteiger partial charge on any atom is -0.307 e. The standard InChI is InChI=1S/C10H14N2S/c1-3-10-12-9(6-13-10)8-4-7(2)11-5-8/h4,6-7,11H,3,5H2,1-2H3. The fraction of sp³-hybridized carbons (Fsp3) is 0.500. The van der Waals surface area contributed by atoms with Crippen LogP contribution in [0.4, 0.5) is 0 Å². The molecule has 1 N–H and O–H groups in total. The number of hydrogen-bond acceptors (Lipinski definition) is 3. The molecule has 1 unspecified atom stereocenters. The normalized spacial score (nSPS) is 22.0. The summed E-state index contributed by atoms with van der Waals surface area (Å²) in [5.41, 5.74) is 2.52. The van der Waals surface area contributed by atoms with Crippen molar-refractivity contribution in [1.82, 2.24) is 10.3 Å². The summed E-state index contributed by atoms with van der Waals surface area (Å²) >= 11 is 1.76. The number of nitrogens with one attached hydrogen (secondary N) is 1. The summed E-state index contributed by atoms with van der Waals surface area (Å²) in [6.45, 7) is 5.28. The van der Waals surface area contributed by atoms with E-state index in [0.717, 1.165) is 13.0 Å². The molecule has 0 aromatic carbocycles. The molecule has 0 aliphatic carbocycles. The summed E-state index contributed by atoms with van der Waals surface area (Å²) < 4.78 is 0. The van der Waals surface area contributed by atoms with E-state index >= 15 is 0 Å². The summed E-state index contributed by atoms with van der Waals surface area (Å²) in [6.07, 6.45) is 3.30. The maximum absolute atomic E-state index is 4.56. The molecule has 0 fully saturated rings. The summed E-state index contributed by atoms with van der Waals surface area (Å²) in [4.78, 5) is 4.56. The zero-order valence-corrected chi connectivity index (χ0v) is 8.82. The van der Waals surface area contributed by atoms with Crippen molar-refractivity contribution in [3.05, 3.63) is 22.2 Å². The van der Waals surface area contributed by atoms with Crippen molar-refractivity contribution in [2.45, 2.75) is 26.3 Å². The van der Waals surface area contributed by atoms with Crippen LogP contribution in [-0.4, -0.2) is 17.6 Å². The number of aromatic nitrogens is 1. The van der Waals surface area contributed by atoms with Gasteiger partial charge in [-0.3, -0.25) is 0 Å². The molecule has 2 nitrogen and oxygen atoms in total. The largest absolute Gasteiger partial charge is 0.307 e. The van der Waals surface area contributed by atoms with Gasteiger partial charge in [0.1, 0.15) is 0 Å². The average molecular weight is 194 g/mol. The lowest BCUT2D eigenvalue weighted by atomic mass is 10.2. The van der Waals surface area contributed by atoms with Crippen LogP contribution in [0.1, 0.15) is 24.5 Å². The summed E-state index contributed by atoms with van der Waals surface area (Å²) in [6, 6.07) is 0.502. The Morgan fingerprint density at radius 3 is 3.08 bits per heavy atom. The van der Waals surface area contributed by atoms with Crippen LogP contribution in [0.15, 0.2) is 11.5 Å². The van der Waals surface area contributed by atoms with E-state index in [0.29, 0.717) is 6.04 Å². The van der Waals surface area contributed by atoms with Crippen molar-refractivity contribution in [3.8, 4) is 0 Å². The van der Waals surface area contributed by atoms with Crippen LogP contribution >= 0.6 is 11.3 Å². The Morgan fingerprint density at radius 2 is 2.54 bits per heavy atom. The van der Waals surface area contributed by atoms with Crippen LogP contribution in [0.3, 0.4) is 0 Å². The van der Waals surface area contributed by atoms with E-state index in [1.54, 1.807) is 11.3 Å². The van der Waals surface area contributed by atoms with Gasteiger partial charge in [0.25, 0.3) is 0 Å². The Morgan fingerprint density at radius 1 is 1.69 bits per heavy atom. The first-order valence-corrected chi connectivity index (χ1v) is 5.56. The predicted octanol–water partition coefficient (Wildman–Crippen LogP) is 2.08. The third-order valence-electron chi connectivity index (χ3n) is 2.25. The van der Waals surface area contributed by atoms with E-state index in [1.807, 2.05) is 0 Å². The van der Waals surface area contributed by atoms with Gasteiger partial charge in [0, 0.05) is 18.0 Å². The van der Waals surface area contributed by atoms with Crippen LogP contribution < -0.4 is 5.32 Å². The van der Waals surface area contributed by atoms with E-state index in [4.69, 9.17) is 0 Å². The number of rotatable bonds is 2. The van der Waals surface area contributed by atoms with E-state index in [1.165, 1.54) is 16.3 Å². The number of aryl methyl sites for hydroxylation is 1. The van der Waals surface area contributed by atoms with Gasteiger partial charge in [0.2, 0.25) is 0 Å². The Bertz CT molecular complexity index is 327. The quantitative estimate of drug-likeness (QED) is 0.779. The highest BCUT2D eigenvalue weighted by Crippen LogP contribution is 2.21. The second kappa shape index (κ2) is 3.60. The van der Waals surface area contributed by atoms with Crippen molar-refractivity contribution < 1.29 is 0 Å². The molecule has 1 aliphatic heterocycles. The molecule has 2 rings (SSSR count). The summed E-state index contributed by atoms with van der Waals surface area (Å²) in [7, 11) is 0. The van der Waals surface area contributed by atoms with Gasteiger partial charge < -0.3 is 5.32 Å². The average Bonchev–Trinajstić information content (AvgIpc) is 2.71. The molecule has 1 atom stereocenters. The Labute approximate surface area is 82.7 Å². The number of thiazole rings is 1. The lowest BCUT2D eigenvalue weighted by Crippen LogP contribution is -2.17. The molecule has 0 spiro atoms. The predicted molar refractivity (Wildman–Crippen MR) is 56.9 cm³/mol. The van der Waals surface area contributed by atoms with Gasteiger partial charge in [0.15, 0.2) is 0 Å². The van der Waals surface area contributed by atoms with Gasteiger partial charge in [0.05, 0.1) is 10.7 Å². The van der Waals surface area contributed by atoms with Gasteiger partial charge in [-0.15, -0.1) is 11.3 Å². The van der Waals surface area contributed by atoms with Crippen LogP contribution in [0.25, 0.3) is 5.57 Å². The van der Waals surface area contributed by atoms with Crippen LogP contribution in [0, 0.1) is 0 Å². The van der Waals surface area contributed by atoms with E-state index in [2.05, 4.69) is 35.6 Å². The third-order valence-corrected chi connectivity index (χ3v) is 3.24. The number of nitrogens with zero attached hydrogens (tertiary/aromatic N) is 1. The Hall–Kier alpha value is -0.670. The molecule has 1 aromatic heterocycles. The molecule has 0 saturated heterocycles. The molecule has 70 valence electrons. The van der Waals surface area contributed by atoms with Crippen molar-refractivity contribution in [3.63, 3.8) is 0 Å². The monoisotopic (exact) mass is 194 g/mol. The molecular formula is C10H14N2S. The maximum Gasteiger partial charge on any atom is 0.0929 e. The molecule has 1 aliphatic rings. The van der Waals surface area contributed by atoms with Crippen LogP contribution in [0.5, 0.6) is 0 Å². The smallest absolute Gasteiger partial charge is 0.0929 e. The second-order valence-electron chi connectivity index (χ2n) is 3.34. The van der Waals surface area contributed by atoms with Gasteiger partial charge >= 0.3 is 0 Å². The fourth-order valence-corrected chi connectivity index (χ4v) is 2.26. The highest BCUT2D eigenvalue weighted by molar-refractivity contribution is 7.09. The first-order chi connectivity index (χ1) is 6.29. The maximum atomic E-state index is 4.56. The molecule has 2 heterocycles. The minimum absolute atomic E-state index is 0.502. The highest BCUT2D eigenvalue weighted by Gasteiger charge is 2.13. The van der Waals surface area contributed by atoms with Crippen molar-refractivity contribution >= 4 is 16.9 Å². The first-order valence-electron chi connectivity index (χ1n) is 4.68. The first kappa shape index (κ1) is 8.91. The molecule has 1 aromatic rings. The summed E-state index contributed by atoms with van der Waals surface area (Å²) in [5.74, 6) is 0. The van der Waals surface area contributed by atoms with Crippen LogP contribution in [0.2, 0.25) is 0 Å². The molecule has 0 radical (unpaired) electrons. The summed E-state index contributed by atoms with van der Waals surface area (Å²) in [5, 5.41) is 6.76. The molecule has 0 amide bonds. The SMILES string of the molecule is CCc1nc(C2=CC(C)NC2)cs1. The molecule has 0 saturated carbocycles.